The molecule has 0 bridgehead atoms. The third-order valence-electron chi connectivity index (χ3n) is 7.02. The fraction of sp³-hybridized carbons (Fsp3) is 0.379. The van der Waals surface area contributed by atoms with Crippen molar-refractivity contribution in [2.75, 3.05) is 6.61 Å². The molecule has 3 aromatic rings. The first kappa shape index (κ1) is 29.6. The average Bonchev–Trinajstić information content (AvgIpc) is 2.89. The van der Waals surface area contributed by atoms with Gasteiger partial charge in [-0.3, -0.25) is 0 Å². The Balaban J connectivity index is 1.44. The van der Waals surface area contributed by atoms with Crippen molar-refractivity contribution in [3.63, 3.8) is 0 Å². The molecule has 0 N–H and O–H groups in total. The number of halogens is 9. The van der Waals surface area contributed by atoms with Crippen molar-refractivity contribution in [3.05, 3.63) is 82.7 Å². The van der Waals surface area contributed by atoms with E-state index in [1.54, 1.807) is 0 Å². The topological polar surface area (TPSA) is 18.5 Å². The van der Waals surface area contributed by atoms with Crippen molar-refractivity contribution in [1.29, 1.82) is 0 Å². The van der Waals surface area contributed by atoms with E-state index in [0.29, 0.717) is 35.7 Å². The van der Waals surface area contributed by atoms with E-state index in [9.17, 15) is 39.5 Å². The summed E-state index contributed by atoms with van der Waals surface area (Å²) >= 11 is 0. The van der Waals surface area contributed by atoms with Crippen molar-refractivity contribution in [2.45, 2.75) is 57.5 Å². The first-order chi connectivity index (χ1) is 18.9. The smallest absolute Gasteiger partial charge is 0.433 e. The zero-order valence-electron chi connectivity index (χ0n) is 21.3. The lowest BCUT2D eigenvalue weighted by Gasteiger charge is -2.29. The molecule has 1 saturated carbocycles. The molecule has 0 amide bonds. The highest BCUT2D eigenvalue weighted by atomic mass is 19.3. The average molecular weight is 576 g/mol. The standard InChI is InChI=1S/C29H25F9O2/c1-2-3-15-4-6-16(7-5-15)17-10-22(32)28(23(33)11-17)39-14-29(37,38)40-24-9-8-19(25(34)27(24)36)18-12-20(30)26(35)21(31)13-18/h8-13,15-16H,2-7,14H2,1H3. The zero-order valence-corrected chi connectivity index (χ0v) is 21.3. The number of ether oxygens (including phenoxy) is 2. The lowest BCUT2D eigenvalue weighted by Crippen LogP contribution is -2.33. The van der Waals surface area contributed by atoms with Gasteiger partial charge in [0.2, 0.25) is 5.82 Å². The van der Waals surface area contributed by atoms with Crippen LogP contribution in [0.25, 0.3) is 11.1 Å². The first-order valence-electron chi connectivity index (χ1n) is 12.7. The van der Waals surface area contributed by atoms with Gasteiger partial charge in [-0.05, 0) is 85.0 Å². The SMILES string of the molecule is CCCC1CCC(c2cc(F)c(OCC(F)(F)Oc3ccc(-c4cc(F)c(F)c(F)c4)c(F)c3F)c(F)c2)CC1. The van der Waals surface area contributed by atoms with Crippen LogP contribution in [0.5, 0.6) is 11.5 Å². The molecule has 0 atom stereocenters. The summed E-state index contributed by atoms with van der Waals surface area (Å²) in [5.74, 6) is -13.2. The molecule has 3 aromatic carbocycles. The van der Waals surface area contributed by atoms with Crippen molar-refractivity contribution in [2.24, 2.45) is 5.92 Å². The Labute approximate surface area is 224 Å². The molecule has 11 heteroatoms. The molecule has 2 nitrogen and oxygen atoms in total. The molecule has 1 aliphatic carbocycles. The number of hydrogen-bond acceptors (Lipinski definition) is 2. The van der Waals surface area contributed by atoms with Crippen molar-refractivity contribution in [3.8, 4) is 22.6 Å². The van der Waals surface area contributed by atoms with Gasteiger partial charge in [-0.15, -0.1) is 0 Å². The minimum absolute atomic E-state index is 0.0698. The Morgan fingerprint density at radius 3 is 1.93 bits per heavy atom. The van der Waals surface area contributed by atoms with Crippen LogP contribution < -0.4 is 9.47 Å². The van der Waals surface area contributed by atoms with Crippen LogP contribution in [0.1, 0.15) is 56.9 Å². The summed E-state index contributed by atoms with van der Waals surface area (Å²) in [4.78, 5) is 0. The Morgan fingerprint density at radius 1 is 0.750 bits per heavy atom. The Kier molecular flexibility index (Phi) is 8.90. The van der Waals surface area contributed by atoms with E-state index < -0.39 is 76.1 Å². The molecule has 0 radical (unpaired) electrons. The van der Waals surface area contributed by atoms with Crippen LogP contribution in [-0.2, 0) is 0 Å². The van der Waals surface area contributed by atoms with Gasteiger partial charge in [-0.1, -0.05) is 19.8 Å². The molecule has 0 unspecified atom stereocenters. The van der Waals surface area contributed by atoms with E-state index in [1.807, 2.05) is 0 Å². The van der Waals surface area contributed by atoms with Gasteiger partial charge in [0.25, 0.3) is 0 Å². The van der Waals surface area contributed by atoms with Gasteiger partial charge in [0.15, 0.2) is 53.0 Å². The first-order valence-corrected chi connectivity index (χ1v) is 12.7. The maximum absolute atomic E-state index is 14.6. The molecule has 1 aliphatic rings. The summed E-state index contributed by atoms with van der Waals surface area (Å²) in [5, 5.41) is 0. The van der Waals surface area contributed by atoms with Crippen LogP contribution in [0.15, 0.2) is 36.4 Å². The monoisotopic (exact) mass is 576 g/mol. The van der Waals surface area contributed by atoms with Gasteiger partial charge < -0.3 is 9.47 Å². The molecular weight excluding hydrogens is 551 g/mol. The predicted octanol–water partition coefficient (Wildman–Crippen LogP) is 9.45. The second-order valence-corrected chi connectivity index (χ2v) is 9.84. The predicted molar refractivity (Wildman–Crippen MR) is 129 cm³/mol. The minimum Gasteiger partial charge on any atom is -0.477 e. The largest absolute Gasteiger partial charge is 0.477 e. The van der Waals surface area contributed by atoms with Crippen molar-refractivity contribution in [1.82, 2.24) is 0 Å². The fourth-order valence-electron chi connectivity index (χ4n) is 5.04. The molecule has 0 heterocycles. The molecule has 0 spiro atoms. The van der Waals surface area contributed by atoms with E-state index >= 15 is 0 Å². The second-order valence-electron chi connectivity index (χ2n) is 9.84. The third kappa shape index (κ3) is 6.50. The normalized spacial score (nSPS) is 17.6. The Hall–Kier alpha value is -3.37. The van der Waals surface area contributed by atoms with E-state index in [0.717, 1.165) is 50.7 Å². The number of rotatable bonds is 9. The maximum Gasteiger partial charge on any atom is 0.433 e. The van der Waals surface area contributed by atoms with Gasteiger partial charge in [-0.25, -0.2) is 26.3 Å². The van der Waals surface area contributed by atoms with Gasteiger partial charge in [0.1, 0.15) is 0 Å². The molecule has 216 valence electrons. The number of alkyl halides is 2. The second kappa shape index (κ2) is 12.0. The van der Waals surface area contributed by atoms with Crippen LogP contribution in [0, 0.1) is 46.6 Å². The van der Waals surface area contributed by atoms with Gasteiger partial charge in [0, 0.05) is 5.56 Å². The Bertz CT molecular complexity index is 1320. The lowest BCUT2D eigenvalue weighted by atomic mass is 9.77. The van der Waals surface area contributed by atoms with Crippen LogP contribution >= 0.6 is 0 Å². The summed E-state index contributed by atoms with van der Waals surface area (Å²) in [6, 6.07) is 4.10. The molecule has 40 heavy (non-hydrogen) atoms. The summed E-state index contributed by atoms with van der Waals surface area (Å²) in [6.07, 6.45) is 1.14. The summed E-state index contributed by atoms with van der Waals surface area (Å²) in [6.45, 7) is 0.344. The molecule has 0 saturated heterocycles. The Morgan fingerprint density at radius 2 is 1.35 bits per heavy atom. The molecule has 4 rings (SSSR count). The summed E-state index contributed by atoms with van der Waals surface area (Å²) in [7, 11) is 0. The van der Waals surface area contributed by atoms with E-state index in [4.69, 9.17) is 0 Å². The highest BCUT2D eigenvalue weighted by Crippen LogP contribution is 2.40. The molecule has 0 aromatic heterocycles. The van der Waals surface area contributed by atoms with Crippen molar-refractivity contribution >= 4 is 0 Å². The molecule has 1 fully saturated rings. The third-order valence-corrected chi connectivity index (χ3v) is 7.02. The lowest BCUT2D eigenvalue weighted by molar-refractivity contribution is -0.197. The number of hydrogen-bond donors (Lipinski definition) is 0. The highest BCUT2D eigenvalue weighted by molar-refractivity contribution is 5.65. The fourth-order valence-corrected chi connectivity index (χ4v) is 5.04. The quantitative estimate of drug-likeness (QED) is 0.187. The van der Waals surface area contributed by atoms with E-state index in [1.165, 1.54) is 0 Å². The molecule has 0 aliphatic heterocycles. The molecular formula is C29H25F9O2. The van der Waals surface area contributed by atoms with Crippen LogP contribution in [0.4, 0.5) is 39.5 Å². The van der Waals surface area contributed by atoms with E-state index in [-0.39, 0.29) is 5.92 Å². The van der Waals surface area contributed by atoms with Gasteiger partial charge in [-0.2, -0.15) is 13.2 Å². The number of benzene rings is 3. The van der Waals surface area contributed by atoms with Crippen LogP contribution in [0.3, 0.4) is 0 Å². The van der Waals surface area contributed by atoms with E-state index in [2.05, 4.69) is 16.4 Å². The van der Waals surface area contributed by atoms with Crippen molar-refractivity contribution < 1.29 is 49.0 Å². The maximum atomic E-state index is 14.6. The van der Waals surface area contributed by atoms with Gasteiger partial charge >= 0.3 is 6.11 Å². The zero-order chi connectivity index (χ0) is 29.2. The highest BCUT2D eigenvalue weighted by Gasteiger charge is 2.36. The minimum atomic E-state index is -4.38. The van der Waals surface area contributed by atoms with Crippen LogP contribution in [-0.4, -0.2) is 12.7 Å². The summed E-state index contributed by atoms with van der Waals surface area (Å²) < 4.78 is 136. The summed E-state index contributed by atoms with van der Waals surface area (Å²) in [5.41, 5.74) is -0.956. The van der Waals surface area contributed by atoms with Gasteiger partial charge in [0.05, 0.1) is 0 Å². The van der Waals surface area contributed by atoms with Crippen LogP contribution in [0.2, 0.25) is 0 Å².